The van der Waals surface area contributed by atoms with E-state index in [4.69, 9.17) is 9.47 Å². The highest BCUT2D eigenvalue weighted by atomic mass is 19.4. The summed E-state index contributed by atoms with van der Waals surface area (Å²) in [5.41, 5.74) is 1.13. The minimum atomic E-state index is -4.60. The van der Waals surface area contributed by atoms with Crippen molar-refractivity contribution in [3.63, 3.8) is 0 Å². The molecule has 8 heteroatoms. The molecule has 0 unspecified atom stereocenters. The number of alkyl halides is 3. The Balaban J connectivity index is 1.67. The predicted molar refractivity (Wildman–Crippen MR) is 98.6 cm³/mol. The van der Waals surface area contributed by atoms with Crippen LogP contribution in [0.5, 0.6) is 11.6 Å². The fraction of sp³-hybridized carbons (Fsp3) is 0.190. The minimum Gasteiger partial charge on any atom is -0.457 e. The van der Waals surface area contributed by atoms with E-state index in [0.717, 1.165) is 17.2 Å². The summed E-state index contributed by atoms with van der Waals surface area (Å²) >= 11 is 0. The standard InChI is InChI=1S/C21H17F3N2O3/c1-13-5-3-4-6-16(13)12-28-20(27)15-7-9-17(10-8-15)29-19-11-18(21(22,23)24)25-14(2)26-19/h3-11H,12H2,1-2H3. The van der Waals surface area contributed by atoms with Crippen molar-refractivity contribution in [3.8, 4) is 11.6 Å². The van der Waals surface area contributed by atoms with Gasteiger partial charge in [-0.3, -0.25) is 0 Å². The van der Waals surface area contributed by atoms with E-state index in [0.29, 0.717) is 5.56 Å². The number of aromatic nitrogens is 2. The average Bonchev–Trinajstić information content (AvgIpc) is 2.66. The zero-order valence-electron chi connectivity index (χ0n) is 15.7. The first-order chi connectivity index (χ1) is 13.7. The van der Waals surface area contributed by atoms with Gasteiger partial charge < -0.3 is 9.47 Å². The third kappa shape index (κ3) is 5.31. The molecule has 3 rings (SSSR count). The van der Waals surface area contributed by atoms with Crippen LogP contribution in [0.2, 0.25) is 0 Å². The Labute approximate surface area is 165 Å². The van der Waals surface area contributed by atoms with Gasteiger partial charge in [0.05, 0.1) is 5.56 Å². The summed E-state index contributed by atoms with van der Waals surface area (Å²) < 4.78 is 49.2. The maximum Gasteiger partial charge on any atom is 0.433 e. The van der Waals surface area contributed by atoms with Crippen LogP contribution in [0.1, 0.15) is 33.0 Å². The maximum atomic E-state index is 12.9. The van der Waals surface area contributed by atoms with Crippen molar-refractivity contribution in [1.29, 1.82) is 0 Å². The first kappa shape index (κ1) is 20.3. The first-order valence-electron chi connectivity index (χ1n) is 8.65. The van der Waals surface area contributed by atoms with Crippen molar-refractivity contribution in [3.05, 3.63) is 82.8 Å². The molecule has 0 bridgehead atoms. The van der Waals surface area contributed by atoms with Gasteiger partial charge in [0.2, 0.25) is 5.88 Å². The van der Waals surface area contributed by atoms with Crippen LogP contribution in [0.3, 0.4) is 0 Å². The Hall–Kier alpha value is -3.42. The Morgan fingerprint density at radius 2 is 1.69 bits per heavy atom. The number of benzene rings is 2. The second-order valence-electron chi connectivity index (χ2n) is 6.27. The lowest BCUT2D eigenvalue weighted by Gasteiger charge is -2.10. The van der Waals surface area contributed by atoms with Crippen LogP contribution in [0.15, 0.2) is 54.6 Å². The Morgan fingerprint density at radius 3 is 2.34 bits per heavy atom. The fourth-order valence-corrected chi connectivity index (χ4v) is 2.52. The molecule has 0 aliphatic carbocycles. The lowest BCUT2D eigenvalue weighted by molar-refractivity contribution is -0.141. The molecule has 29 heavy (non-hydrogen) atoms. The molecule has 0 radical (unpaired) electrons. The SMILES string of the molecule is Cc1nc(Oc2ccc(C(=O)OCc3ccccc3C)cc2)cc(C(F)(F)F)n1. The lowest BCUT2D eigenvalue weighted by Crippen LogP contribution is -2.10. The molecular weight excluding hydrogens is 385 g/mol. The van der Waals surface area contributed by atoms with Gasteiger partial charge in [0, 0.05) is 6.07 Å². The molecule has 150 valence electrons. The van der Waals surface area contributed by atoms with Gasteiger partial charge >= 0.3 is 12.1 Å². The normalized spacial score (nSPS) is 11.2. The van der Waals surface area contributed by atoms with Crippen molar-refractivity contribution < 1.29 is 27.4 Å². The van der Waals surface area contributed by atoms with E-state index >= 15 is 0 Å². The molecule has 1 aromatic heterocycles. The summed E-state index contributed by atoms with van der Waals surface area (Å²) in [7, 11) is 0. The van der Waals surface area contributed by atoms with Crippen LogP contribution >= 0.6 is 0 Å². The van der Waals surface area contributed by atoms with Gasteiger partial charge in [-0.05, 0) is 49.2 Å². The number of aryl methyl sites for hydroxylation is 2. The number of rotatable bonds is 5. The van der Waals surface area contributed by atoms with E-state index in [1.54, 1.807) is 0 Å². The van der Waals surface area contributed by atoms with E-state index in [9.17, 15) is 18.0 Å². The number of ether oxygens (including phenoxy) is 2. The zero-order chi connectivity index (χ0) is 21.0. The van der Waals surface area contributed by atoms with Crippen LogP contribution in [-0.2, 0) is 17.5 Å². The number of carbonyl (C=O) groups excluding carboxylic acids is 1. The smallest absolute Gasteiger partial charge is 0.433 e. The van der Waals surface area contributed by atoms with Gasteiger partial charge in [-0.2, -0.15) is 18.2 Å². The molecule has 0 aliphatic heterocycles. The second-order valence-corrected chi connectivity index (χ2v) is 6.27. The largest absolute Gasteiger partial charge is 0.457 e. The molecule has 0 saturated heterocycles. The van der Waals surface area contributed by atoms with Crippen molar-refractivity contribution in [2.24, 2.45) is 0 Å². The van der Waals surface area contributed by atoms with Crippen LogP contribution in [0, 0.1) is 13.8 Å². The van der Waals surface area contributed by atoms with E-state index in [1.807, 2.05) is 31.2 Å². The van der Waals surface area contributed by atoms with Crippen molar-refractivity contribution in [2.75, 3.05) is 0 Å². The second kappa shape index (κ2) is 8.30. The van der Waals surface area contributed by atoms with E-state index in [1.165, 1.54) is 31.2 Å². The number of hydrogen-bond acceptors (Lipinski definition) is 5. The van der Waals surface area contributed by atoms with Crippen molar-refractivity contribution >= 4 is 5.97 Å². The summed E-state index contributed by atoms with van der Waals surface area (Å²) in [6, 6.07) is 14.1. The first-order valence-corrected chi connectivity index (χ1v) is 8.65. The Bertz CT molecular complexity index is 1020. The monoisotopic (exact) mass is 402 g/mol. The lowest BCUT2D eigenvalue weighted by atomic mass is 10.1. The summed E-state index contributed by atoms with van der Waals surface area (Å²) in [6.07, 6.45) is -4.60. The molecule has 0 atom stereocenters. The summed E-state index contributed by atoms with van der Waals surface area (Å²) in [5, 5.41) is 0. The molecule has 1 heterocycles. The van der Waals surface area contributed by atoms with Crippen LogP contribution in [0.25, 0.3) is 0 Å². The number of halogens is 3. The molecule has 0 aliphatic rings. The molecular formula is C21H17F3N2O3. The van der Waals surface area contributed by atoms with Gasteiger partial charge in [-0.25, -0.2) is 9.78 Å². The van der Waals surface area contributed by atoms with E-state index < -0.39 is 17.8 Å². The predicted octanol–water partition coefficient (Wildman–Crippen LogP) is 5.26. The summed E-state index contributed by atoms with van der Waals surface area (Å²) in [6.45, 7) is 3.41. The fourth-order valence-electron chi connectivity index (χ4n) is 2.52. The maximum absolute atomic E-state index is 12.9. The van der Waals surface area contributed by atoms with Crippen molar-refractivity contribution in [1.82, 2.24) is 9.97 Å². The minimum absolute atomic E-state index is 0.0637. The van der Waals surface area contributed by atoms with E-state index in [-0.39, 0.29) is 24.1 Å². The topological polar surface area (TPSA) is 61.3 Å². The van der Waals surface area contributed by atoms with Gasteiger partial charge in [0.25, 0.3) is 0 Å². The Kier molecular flexibility index (Phi) is 5.81. The number of nitrogens with zero attached hydrogens (tertiary/aromatic N) is 2. The summed E-state index contributed by atoms with van der Waals surface area (Å²) in [4.78, 5) is 19.4. The highest BCUT2D eigenvalue weighted by Crippen LogP contribution is 2.30. The molecule has 0 amide bonds. The van der Waals surface area contributed by atoms with Crippen LogP contribution in [0.4, 0.5) is 13.2 Å². The molecule has 5 nitrogen and oxygen atoms in total. The number of esters is 1. The molecule has 0 N–H and O–H groups in total. The van der Waals surface area contributed by atoms with Gasteiger partial charge in [-0.1, -0.05) is 24.3 Å². The third-order valence-electron chi connectivity index (χ3n) is 4.04. The molecule has 0 spiro atoms. The molecule has 0 saturated carbocycles. The highest BCUT2D eigenvalue weighted by Gasteiger charge is 2.33. The quantitative estimate of drug-likeness (QED) is 0.545. The van der Waals surface area contributed by atoms with Crippen LogP contribution < -0.4 is 4.74 Å². The molecule has 3 aromatic rings. The molecule has 0 fully saturated rings. The Morgan fingerprint density at radius 1 is 1.00 bits per heavy atom. The van der Waals surface area contributed by atoms with Crippen molar-refractivity contribution in [2.45, 2.75) is 26.6 Å². The average molecular weight is 402 g/mol. The van der Waals surface area contributed by atoms with Gasteiger partial charge in [0.15, 0.2) is 5.69 Å². The third-order valence-corrected chi connectivity index (χ3v) is 4.04. The zero-order valence-corrected chi connectivity index (χ0v) is 15.7. The number of hydrogen-bond donors (Lipinski definition) is 0. The summed E-state index contributed by atoms with van der Waals surface area (Å²) in [5.74, 6) is -0.588. The van der Waals surface area contributed by atoms with Gasteiger partial charge in [0.1, 0.15) is 18.2 Å². The van der Waals surface area contributed by atoms with Crippen LogP contribution in [-0.4, -0.2) is 15.9 Å². The van der Waals surface area contributed by atoms with Gasteiger partial charge in [-0.15, -0.1) is 0 Å². The highest BCUT2D eigenvalue weighted by molar-refractivity contribution is 5.89. The molecule has 2 aromatic carbocycles. The number of carbonyl (C=O) groups is 1. The van der Waals surface area contributed by atoms with E-state index in [2.05, 4.69) is 9.97 Å².